The number of aromatic nitrogens is 1. The Morgan fingerprint density at radius 2 is 2.00 bits per heavy atom. The smallest absolute Gasteiger partial charge is 0.273 e. The Morgan fingerprint density at radius 3 is 2.68 bits per heavy atom. The van der Waals surface area contributed by atoms with Crippen LogP contribution in [0.2, 0.25) is 0 Å². The maximum atomic E-state index is 12.5. The molecule has 0 bridgehead atoms. The predicted octanol–water partition coefficient (Wildman–Crippen LogP) is 4.91. The first kappa shape index (κ1) is 15.4. The highest BCUT2D eigenvalue weighted by Gasteiger charge is 2.16. The van der Waals surface area contributed by atoms with Crippen molar-refractivity contribution in [1.29, 1.82) is 0 Å². The summed E-state index contributed by atoms with van der Waals surface area (Å²) in [6, 6.07) is 11.9. The van der Waals surface area contributed by atoms with Crippen molar-refractivity contribution in [1.82, 2.24) is 9.88 Å². The Kier molecular flexibility index (Phi) is 4.71. The minimum atomic E-state index is -0.0528. The molecule has 0 aliphatic rings. The molecular weight excluding hydrogens is 380 g/mol. The fraction of sp³-hybridized carbons (Fsp3) is 0.125. The van der Waals surface area contributed by atoms with E-state index in [1.165, 1.54) is 11.3 Å². The van der Waals surface area contributed by atoms with Crippen LogP contribution in [0, 0.1) is 0 Å². The Balaban J connectivity index is 1.74. The molecule has 1 amide bonds. The van der Waals surface area contributed by atoms with E-state index in [0.29, 0.717) is 12.2 Å². The summed E-state index contributed by atoms with van der Waals surface area (Å²) in [6.45, 7) is 0.591. The Labute approximate surface area is 145 Å². The second-order valence-corrected chi connectivity index (χ2v) is 7.57. The van der Waals surface area contributed by atoms with Crippen LogP contribution in [0.5, 0.6) is 0 Å². The number of hydrogen-bond acceptors (Lipinski definition) is 4. The van der Waals surface area contributed by atoms with Crippen LogP contribution in [0.3, 0.4) is 0 Å². The molecule has 3 aromatic rings. The SMILES string of the molecule is CN(Cc1cc(Br)cs1)C(=O)c1csc(-c2ccccc2)n1. The van der Waals surface area contributed by atoms with E-state index >= 15 is 0 Å². The van der Waals surface area contributed by atoms with E-state index in [4.69, 9.17) is 0 Å². The molecule has 3 rings (SSSR count). The quantitative estimate of drug-likeness (QED) is 0.631. The molecule has 0 aliphatic heterocycles. The molecule has 22 heavy (non-hydrogen) atoms. The van der Waals surface area contributed by atoms with E-state index in [1.807, 2.05) is 47.2 Å². The second kappa shape index (κ2) is 6.73. The molecule has 112 valence electrons. The highest BCUT2D eigenvalue weighted by Crippen LogP contribution is 2.25. The van der Waals surface area contributed by atoms with Gasteiger partial charge < -0.3 is 4.90 Å². The van der Waals surface area contributed by atoms with E-state index in [1.54, 1.807) is 23.3 Å². The van der Waals surface area contributed by atoms with E-state index in [9.17, 15) is 4.79 Å². The summed E-state index contributed by atoms with van der Waals surface area (Å²) in [5.74, 6) is -0.0528. The van der Waals surface area contributed by atoms with Crippen molar-refractivity contribution >= 4 is 44.5 Å². The van der Waals surface area contributed by atoms with Crippen molar-refractivity contribution in [2.45, 2.75) is 6.54 Å². The summed E-state index contributed by atoms with van der Waals surface area (Å²) >= 11 is 6.56. The number of carbonyl (C=O) groups is 1. The monoisotopic (exact) mass is 392 g/mol. The number of halogens is 1. The molecular formula is C16H13BrN2OS2. The molecule has 0 radical (unpaired) electrons. The van der Waals surface area contributed by atoms with Crippen LogP contribution in [-0.2, 0) is 6.54 Å². The number of thiophene rings is 1. The third-order valence-electron chi connectivity index (χ3n) is 3.11. The molecule has 2 aromatic heterocycles. The van der Waals surface area contributed by atoms with Crippen LogP contribution in [-0.4, -0.2) is 22.8 Å². The first-order valence-electron chi connectivity index (χ1n) is 6.63. The molecule has 0 N–H and O–H groups in total. The van der Waals surface area contributed by atoms with Gasteiger partial charge in [0.1, 0.15) is 10.7 Å². The lowest BCUT2D eigenvalue weighted by atomic mass is 10.2. The molecule has 6 heteroatoms. The van der Waals surface area contributed by atoms with Gasteiger partial charge in [-0.2, -0.15) is 0 Å². The molecule has 2 heterocycles. The van der Waals surface area contributed by atoms with E-state index in [0.717, 1.165) is 19.9 Å². The highest BCUT2D eigenvalue weighted by atomic mass is 79.9. The van der Waals surface area contributed by atoms with E-state index in [2.05, 4.69) is 20.9 Å². The predicted molar refractivity (Wildman–Crippen MR) is 95.4 cm³/mol. The number of amides is 1. The van der Waals surface area contributed by atoms with Crippen LogP contribution in [0.15, 0.2) is 51.6 Å². The van der Waals surface area contributed by atoms with Crippen LogP contribution < -0.4 is 0 Å². The van der Waals surface area contributed by atoms with Crippen LogP contribution in [0.4, 0.5) is 0 Å². The topological polar surface area (TPSA) is 33.2 Å². The van der Waals surface area contributed by atoms with Crippen LogP contribution in [0.1, 0.15) is 15.4 Å². The van der Waals surface area contributed by atoms with Crippen molar-refractivity contribution in [3.63, 3.8) is 0 Å². The molecule has 0 fully saturated rings. The number of carbonyl (C=O) groups excluding carboxylic acids is 1. The van der Waals surface area contributed by atoms with Gasteiger partial charge in [-0.1, -0.05) is 30.3 Å². The van der Waals surface area contributed by atoms with E-state index in [-0.39, 0.29) is 5.91 Å². The molecule has 0 spiro atoms. The van der Waals surface area contributed by atoms with Crippen LogP contribution >= 0.6 is 38.6 Å². The molecule has 0 aliphatic carbocycles. The summed E-state index contributed by atoms with van der Waals surface area (Å²) in [4.78, 5) is 19.8. The van der Waals surface area contributed by atoms with Gasteiger partial charge in [-0.25, -0.2) is 4.98 Å². The van der Waals surface area contributed by atoms with Gasteiger partial charge in [-0.3, -0.25) is 4.79 Å². The summed E-state index contributed by atoms with van der Waals surface area (Å²) in [6.07, 6.45) is 0. The summed E-state index contributed by atoms with van der Waals surface area (Å²) in [5, 5.41) is 4.71. The molecule has 0 saturated carbocycles. The maximum absolute atomic E-state index is 12.5. The van der Waals surface area contributed by atoms with Gasteiger partial charge in [0.25, 0.3) is 5.91 Å². The number of thiazole rings is 1. The Bertz CT molecular complexity index is 782. The largest absolute Gasteiger partial charge is 0.335 e. The Morgan fingerprint density at radius 1 is 1.23 bits per heavy atom. The average Bonchev–Trinajstić information content (AvgIpc) is 3.17. The minimum absolute atomic E-state index is 0.0528. The van der Waals surface area contributed by atoms with Gasteiger partial charge in [0.15, 0.2) is 0 Å². The van der Waals surface area contributed by atoms with Crippen molar-refractivity contribution in [2.75, 3.05) is 7.05 Å². The zero-order valence-corrected chi connectivity index (χ0v) is 15.0. The van der Waals surface area contributed by atoms with Gasteiger partial charge in [0.2, 0.25) is 0 Å². The van der Waals surface area contributed by atoms with Crippen molar-refractivity contribution in [3.8, 4) is 10.6 Å². The lowest BCUT2D eigenvalue weighted by Gasteiger charge is -2.14. The molecule has 1 aromatic carbocycles. The first-order chi connectivity index (χ1) is 10.6. The average molecular weight is 393 g/mol. The highest BCUT2D eigenvalue weighted by molar-refractivity contribution is 9.10. The molecule has 0 unspecified atom stereocenters. The number of benzene rings is 1. The standard InChI is InChI=1S/C16H13BrN2OS2/c1-19(8-13-7-12(17)9-21-13)16(20)14-10-22-15(18-14)11-5-3-2-4-6-11/h2-7,9-10H,8H2,1H3. The van der Waals surface area contributed by atoms with Gasteiger partial charge in [0.05, 0.1) is 6.54 Å². The van der Waals surface area contributed by atoms with Crippen molar-refractivity contribution in [2.24, 2.45) is 0 Å². The lowest BCUT2D eigenvalue weighted by molar-refractivity contribution is 0.0781. The van der Waals surface area contributed by atoms with Gasteiger partial charge in [-0.05, 0) is 22.0 Å². The minimum Gasteiger partial charge on any atom is -0.335 e. The maximum Gasteiger partial charge on any atom is 0.273 e. The van der Waals surface area contributed by atoms with Crippen molar-refractivity contribution in [3.05, 3.63) is 62.2 Å². The Hall–Kier alpha value is -1.50. The molecule has 0 saturated heterocycles. The molecule has 3 nitrogen and oxygen atoms in total. The zero-order chi connectivity index (χ0) is 15.5. The van der Waals surface area contributed by atoms with Gasteiger partial charge in [-0.15, -0.1) is 22.7 Å². The van der Waals surface area contributed by atoms with E-state index < -0.39 is 0 Å². The fourth-order valence-corrected chi connectivity index (χ4v) is 4.33. The lowest BCUT2D eigenvalue weighted by Crippen LogP contribution is -2.26. The summed E-state index contributed by atoms with van der Waals surface area (Å²) in [5.41, 5.74) is 1.54. The third-order valence-corrected chi connectivity index (χ3v) is 5.68. The summed E-state index contributed by atoms with van der Waals surface area (Å²) < 4.78 is 1.05. The van der Waals surface area contributed by atoms with Gasteiger partial charge >= 0.3 is 0 Å². The number of nitrogens with zero attached hydrogens (tertiary/aromatic N) is 2. The third kappa shape index (κ3) is 3.45. The second-order valence-electron chi connectivity index (χ2n) is 4.80. The number of hydrogen-bond donors (Lipinski definition) is 0. The van der Waals surface area contributed by atoms with Crippen LogP contribution in [0.25, 0.3) is 10.6 Å². The fourth-order valence-electron chi connectivity index (χ4n) is 2.02. The number of rotatable bonds is 4. The summed E-state index contributed by atoms with van der Waals surface area (Å²) in [7, 11) is 1.80. The first-order valence-corrected chi connectivity index (χ1v) is 9.18. The normalized spacial score (nSPS) is 10.6. The zero-order valence-electron chi connectivity index (χ0n) is 11.8. The van der Waals surface area contributed by atoms with Crippen molar-refractivity contribution < 1.29 is 4.79 Å². The van der Waals surface area contributed by atoms with Gasteiger partial charge in [0, 0.05) is 32.7 Å². The molecule has 0 atom stereocenters.